The van der Waals surface area contributed by atoms with E-state index in [1.165, 1.54) is 77.0 Å². The molecule has 252 valence electrons. The van der Waals surface area contributed by atoms with Crippen LogP contribution in [0.4, 0.5) is 11.4 Å². The molecule has 6 heteroatoms. The largest absolute Gasteiger partial charge is 0.326 e. The summed E-state index contributed by atoms with van der Waals surface area (Å²) in [5.41, 5.74) is 3.94. The number of amides is 2. The summed E-state index contributed by atoms with van der Waals surface area (Å²) in [5, 5.41) is 6.25. The predicted molar refractivity (Wildman–Crippen MR) is 193 cm³/mol. The van der Waals surface area contributed by atoms with E-state index < -0.39 is 0 Å². The highest BCUT2D eigenvalue weighted by molar-refractivity contribution is 5.91. The second-order valence-corrected chi connectivity index (χ2v) is 12.7. The van der Waals surface area contributed by atoms with Crippen molar-refractivity contribution < 1.29 is 9.59 Å². The van der Waals surface area contributed by atoms with Crippen molar-refractivity contribution in [2.45, 2.75) is 124 Å². The Hall–Kier alpha value is -2.70. The maximum atomic E-state index is 12.8. The van der Waals surface area contributed by atoms with Gasteiger partial charge >= 0.3 is 0 Å². The number of benzene rings is 2. The number of nitrogens with one attached hydrogen (secondary N) is 2. The molecule has 0 atom stereocenters. The van der Waals surface area contributed by atoms with Gasteiger partial charge < -0.3 is 20.4 Å². The molecule has 0 aromatic heterocycles. The summed E-state index contributed by atoms with van der Waals surface area (Å²) in [4.78, 5) is 30.6. The monoisotopic (exact) mass is 621 g/mol. The van der Waals surface area contributed by atoms with Gasteiger partial charge in [0.2, 0.25) is 11.8 Å². The van der Waals surface area contributed by atoms with Gasteiger partial charge in [0, 0.05) is 37.3 Å². The summed E-state index contributed by atoms with van der Waals surface area (Å²) in [5.74, 6) is 0.143. The molecule has 0 aliphatic rings. The molecule has 2 aromatic carbocycles. The molecule has 0 saturated heterocycles. The first-order valence-corrected chi connectivity index (χ1v) is 18.2. The van der Waals surface area contributed by atoms with Gasteiger partial charge in [0.05, 0.1) is 0 Å². The van der Waals surface area contributed by atoms with Gasteiger partial charge in [-0.25, -0.2) is 0 Å². The maximum Gasteiger partial charge on any atom is 0.225 e. The van der Waals surface area contributed by atoms with Gasteiger partial charge in [-0.1, -0.05) is 103 Å². The second kappa shape index (κ2) is 24.5. The van der Waals surface area contributed by atoms with E-state index in [0.717, 1.165) is 68.2 Å². The number of unbranched alkanes of at least 4 members (excludes halogenated alkanes) is 8. The quantitative estimate of drug-likeness (QED) is 0.103. The summed E-state index contributed by atoms with van der Waals surface area (Å²) in [6, 6.07) is 16.3. The molecule has 0 bridgehead atoms. The van der Waals surface area contributed by atoms with Crippen LogP contribution in [-0.2, 0) is 16.0 Å². The third-order valence-electron chi connectivity index (χ3n) is 8.45. The Bertz CT molecular complexity index is 969. The third kappa shape index (κ3) is 18.1. The molecule has 0 saturated carbocycles. The number of rotatable bonds is 26. The van der Waals surface area contributed by atoms with Crippen molar-refractivity contribution in [1.82, 2.24) is 9.80 Å². The fourth-order valence-corrected chi connectivity index (χ4v) is 5.73. The van der Waals surface area contributed by atoms with Gasteiger partial charge in [-0.3, -0.25) is 9.59 Å². The lowest BCUT2D eigenvalue weighted by molar-refractivity contribution is -0.117. The van der Waals surface area contributed by atoms with Crippen molar-refractivity contribution in [3.63, 3.8) is 0 Å². The predicted octanol–water partition coefficient (Wildman–Crippen LogP) is 9.30. The van der Waals surface area contributed by atoms with E-state index in [0.29, 0.717) is 12.8 Å². The number of nitrogens with zero attached hydrogens (tertiary/aromatic N) is 2. The minimum absolute atomic E-state index is 0.0714. The zero-order valence-electron chi connectivity index (χ0n) is 29.2. The average Bonchev–Trinajstić information content (AvgIpc) is 3.02. The summed E-state index contributed by atoms with van der Waals surface area (Å²) in [7, 11) is 0. The van der Waals surface area contributed by atoms with Crippen molar-refractivity contribution in [2.75, 3.05) is 49.9 Å². The standard InChI is InChI=1S/C39H64N4O2/c1-5-9-13-25-42(26-14-10-6-2)29-23-38(44)40-36-21-17-19-34(32-36)31-35-20-18-22-37(33-35)41-39(45)24-30-43(27-15-11-7-3)28-16-12-8-4/h17-22,32-33H,5-16,23-31H2,1-4H3,(H,40,44)(H,41,45). The van der Waals surface area contributed by atoms with Gasteiger partial charge in [0.15, 0.2) is 0 Å². The zero-order chi connectivity index (χ0) is 32.5. The second-order valence-electron chi connectivity index (χ2n) is 12.7. The van der Waals surface area contributed by atoms with E-state index in [9.17, 15) is 9.59 Å². The van der Waals surface area contributed by atoms with E-state index in [-0.39, 0.29) is 11.8 Å². The highest BCUT2D eigenvalue weighted by Gasteiger charge is 2.11. The van der Waals surface area contributed by atoms with Crippen LogP contribution in [-0.4, -0.2) is 60.9 Å². The minimum atomic E-state index is 0.0714. The van der Waals surface area contributed by atoms with Gasteiger partial charge in [0.1, 0.15) is 0 Å². The third-order valence-corrected chi connectivity index (χ3v) is 8.45. The molecule has 0 fully saturated rings. The van der Waals surface area contributed by atoms with Crippen LogP contribution in [0.25, 0.3) is 0 Å². The van der Waals surface area contributed by atoms with Crippen molar-refractivity contribution in [3.05, 3.63) is 59.7 Å². The first-order chi connectivity index (χ1) is 22.0. The summed E-state index contributed by atoms with van der Waals surface area (Å²) < 4.78 is 0. The molecule has 0 aliphatic heterocycles. The molecule has 45 heavy (non-hydrogen) atoms. The van der Waals surface area contributed by atoms with E-state index in [1.54, 1.807) is 0 Å². The lowest BCUT2D eigenvalue weighted by atomic mass is 10.0. The Balaban J connectivity index is 1.87. The van der Waals surface area contributed by atoms with Gasteiger partial charge in [-0.05, 0) is 93.7 Å². The van der Waals surface area contributed by atoms with Crippen molar-refractivity contribution >= 4 is 23.2 Å². The molecule has 0 radical (unpaired) electrons. The smallest absolute Gasteiger partial charge is 0.225 e. The van der Waals surface area contributed by atoms with Crippen LogP contribution in [0.5, 0.6) is 0 Å². The molecular weight excluding hydrogens is 556 g/mol. The Morgan fingerprint density at radius 1 is 0.511 bits per heavy atom. The number of anilines is 2. The molecule has 2 N–H and O–H groups in total. The average molecular weight is 621 g/mol. The van der Waals surface area contributed by atoms with E-state index in [4.69, 9.17) is 0 Å². The maximum absolute atomic E-state index is 12.8. The van der Waals surface area contributed by atoms with Crippen LogP contribution in [0, 0.1) is 0 Å². The molecular formula is C39H64N4O2. The van der Waals surface area contributed by atoms with Crippen LogP contribution in [0.3, 0.4) is 0 Å². The van der Waals surface area contributed by atoms with E-state index in [1.807, 2.05) is 24.3 Å². The first kappa shape index (κ1) is 38.5. The lowest BCUT2D eigenvalue weighted by Crippen LogP contribution is -2.30. The van der Waals surface area contributed by atoms with Crippen molar-refractivity contribution in [1.29, 1.82) is 0 Å². The molecule has 2 amide bonds. The Labute approximate surface area is 275 Å². The fraction of sp³-hybridized carbons (Fsp3) is 0.641. The topological polar surface area (TPSA) is 64.7 Å². The molecule has 2 aromatic rings. The Kier molecular flexibility index (Phi) is 21.0. The molecule has 2 rings (SSSR count). The molecule has 0 aliphatic carbocycles. The fourth-order valence-electron chi connectivity index (χ4n) is 5.73. The Morgan fingerprint density at radius 3 is 1.20 bits per heavy atom. The minimum Gasteiger partial charge on any atom is -0.326 e. The summed E-state index contributed by atoms with van der Waals surface area (Å²) >= 11 is 0. The van der Waals surface area contributed by atoms with Crippen LogP contribution in [0.1, 0.15) is 129 Å². The Morgan fingerprint density at radius 2 is 0.867 bits per heavy atom. The van der Waals surface area contributed by atoms with Crippen molar-refractivity contribution in [3.8, 4) is 0 Å². The highest BCUT2D eigenvalue weighted by atomic mass is 16.2. The lowest BCUT2D eigenvalue weighted by Gasteiger charge is -2.22. The van der Waals surface area contributed by atoms with Crippen LogP contribution >= 0.6 is 0 Å². The summed E-state index contributed by atoms with van der Waals surface area (Å²) in [6.07, 6.45) is 16.4. The first-order valence-electron chi connectivity index (χ1n) is 18.2. The molecule has 0 spiro atoms. The highest BCUT2D eigenvalue weighted by Crippen LogP contribution is 2.18. The molecule has 0 unspecified atom stereocenters. The van der Waals surface area contributed by atoms with E-state index >= 15 is 0 Å². The number of hydrogen-bond donors (Lipinski definition) is 2. The number of carbonyl (C=O) groups excluding carboxylic acids is 2. The SMILES string of the molecule is CCCCCN(CCCCC)CCC(=O)Nc1cccc(Cc2cccc(NC(=O)CCN(CCCCC)CCCCC)c2)c1. The van der Waals surface area contributed by atoms with Crippen LogP contribution < -0.4 is 10.6 Å². The van der Waals surface area contributed by atoms with Gasteiger partial charge in [0.25, 0.3) is 0 Å². The van der Waals surface area contributed by atoms with Gasteiger partial charge in [-0.2, -0.15) is 0 Å². The zero-order valence-corrected chi connectivity index (χ0v) is 29.2. The number of hydrogen-bond acceptors (Lipinski definition) is 4. The van der Waals surface area contributed by atoms with Crippen LogP contribution in [0.2, 0.25) is 0 Å². The molecule has 0 heterocycles. The molecule has 6 nitrogen and oxygen atoms in total. The van der Waals surface area contributed by atoms with Crippen molar-refractivity contribution in [2.24, 2.45) is 0 Å². The normalized spacial score (nSPS) is 11.3. The number of carbonyl (C=O) groups is 2. The van der Waals surface area contributed by atoms with Gasteiger partial charge in [-0.15, -0.1) is 0 Å². The van der Waals surface area contributed by atoms with Crippen LogP contribution in [0.15, 0.2) is 48.5 Å². The van der Waals surface area contributed by atoms with E-state index in [2.05, 4.69) is 72.4 Å². The summed E-state index contributed by atoms with van der Waals surface area (Å²) in [6.45, 7) is 14.9.